The van der Waals surface area contributed by atoms with E-state index in [0.29, 0.717) is 12.4 Å². The summed E-state index contributed by atoms with van der Waals surface area (Å²) in [5.74, 6) is 0.754. The molecule has 0 aromatic heterocycles. The Labute approximate surface area is 101 Å². The first-order valence-corrected chi connectivity index (χ1v) is 6.71. The molecule has 0 bridgehead atoms. The van der Waals surface area contributed by atoms with Crippen molar-refractivity contribution in [3.63, 3.8) is 0 Å². The summed E-state index contributed by atoms with van der Waals surface area (Å²) >= 11 is 0. The molecule has 17 heavy (non-hydrogen) atoms. The van der Waals surface area contributed by atoms with Gasteiger partial charge in [0.2, 0.25) is 0 Å². The van der Waals surface area contributed by atoms with Crippen LogP contribution in [0.25, 0.3) is 0 Å². The normalized spacial score (nSPS) is 11.2. The average molecular weight is 260 g/mol. The van der Waals surface area contributed by atoms with Crippen molar-refractivity contribution in [1.82, 2.24) is 0 Å². The summed E-state index contributed by atoms with van der Waals surface area (Å²) in [5, 5.41) is 0. The van der Waals surface area contributed by atoms with Crippen molar-refractivity contribution in [3.8, 4) is 11.5 Å². The van der Waals surface area contributed by atoms with Crippen molar-refractivity contribution >= 4 is 10.1 Å². The standard InChI is InChI=1S/C11H16O5S/c1-3-4-7-16-10-6-5-9(17(12,13)14)8-11(10)15-2/h5-6,8H,3-4,7H2,1-2H3,(H,12,13,14). The first-order chi connectivity index (χ1) is 7.99. The Balaban J connectivity index is 2.94. The zero-order valence-corrected chi connectivity index (χ0v) is 10.7. The first kappa shape index (κ1) is 13.8. The molecule has 5 nitrogen and oxygen atoms in total. The van der Waals surface area contributed by atoms with Gasteiger partial charge < -0.3 is 9.47 Å². The molecule has 0 aliphatic rings. The molecule has 1 aromatic rings. The molecule has 0 aliphatic carbocycles. The fourth-order valence-electron chi connectivity index (χ4n) is 1.25. The van der Waals surface area contributed by atoms with Gasteiger partial charge in [0.05, 0.1) is 18.6 Å². The topological polar surface area (TPSA) is 72.8 Å². The highest BCUT2D eigenvalue weighted by Gasteiger charge is 2.13. The van der Waals surface area contributed by atoms with Gasteiger partial charge in [-0.3, -0.25) is 4.55 Å². The van der Waals surface area contributed by atoms with Crippen LogP contribution in [0, 0.1) is 0 Å². The van der Waals surface area contributed by atoms with Crippen LogP contribution in [-0.4, -0.2) is 26.7 Å². The van der Waals surface area contributed by atoms with Gasteiger partial charge in [-0.2, -0.15) is 8.42 Å². The van der Waals surface area contributed by atoms with Crippen molar-refractivity contribution < 1.29 is 22.4 Å². The van der Waals surface area contributed by atoms with Gasteiger partial charge in [0.15, 0.2) is 11.5 Å². The van der Waals surface area contributed by atoms with Gasteiger partial charge in [-0.25, -0.2) is 0 Å². The predicted octanol–water partition coefficient (Wildman–Crippen LogP) is 2.12. The Morgan fingerprint density at radius 2 is 2.00 bits per heavy atom. The summed E-state index contributed by atoms with van der Waals surface area (Å²) in [7, 11) is -2.80. The van der Waals surface area contributed by atoms with Crippen molar-refractivity contribution in [3.05, 3.63) is 18.2 Å². The van der Waals surface area contributed by atoms with Gasteiger partial charge in [0.1, 0.15) is 0 Å². The highest BCUT2D eigenvalue weighted by molar-refractivity contribution is 7.85. The van der Waals surface area contributed by atoms with E-state index in [9.17, 15) is 8.42 Å². The zero-order valence-electron chi connectivity index (χ0n) is 9.84. The minimum absolute atomic E-state index is 0.211. The highest BCUT2D eigenvalue weighted by atomic mass is 32.2. The van der Waals surface area contributed by atoms with Crippen molar-refractivity contribution in [2.75, 3.05) is 13.7 Å². The van der Waals surface area contributed by atoms with Crippen LogP contribution in [-0.2, 0) is 10.1 Å². The fourth-order valence-corrected chi connectivity index (χ4v) is 1.75. The summed E-state index contributed by atoms with van der Waals surface area (Å²) in [4.78, 5) is -0.211. The van der Waals surface area contributed by atoms with E-state index in [4.69, 9.17) is 14.0 Å². The number of unbranched alkanes of at least 4 members (excludes halogenated alkanes) is 1. The van der Waals surface area contributed by atoms with Crippen molar-refractivity contribution in [1.29, 1.82) is 0 Å². The van der Waals surface area contributed by atoms with Crippen LogP contribution in [0.15, 0.2) is 23.1 Å². The van der Waals surface area contributed by atoms with Crippen LogP contribution < -0.4 is 9.47 Å². The maximum absolute atomic E-state index is 10.9. The third kappa shape index (κ3) is 3.90. The van der Waals surface area contributed by atoms with E-state index < -0.39 is 10.1 Å². The molecule has 0 atom stereocenters. The summed E-state index contributed by atoms with van der Waals surface area (Å²) in [6.07, 6.45) is 1.91. The molecule has 0 radical (unpaired) electrons. The van der Waals surface area contributed by atoms with Crippen LogP contribution in [0.2, 0.25) is 0 Å². The molecule has 0 aliphatic heterocycles. The monoisotopic (exact) mass is 260 g/mol. The van der Waals surface area contributed by atoms with Gasteiger partial charge in [0, 0.05) is 6.07 Å². The fraction of sp³-hybridized carbons (Fsp3) is 0.455. The first-order valence-electron chi connectivity index (χ1n) is 5.27. The van der Waals surface area contributed by atoms with E-state index in [-0.39, 0.29) is 10.6 Å². The molecule has 0 amide bonds. The lowest BCUT2D eigenvalue weighted by Crippen LogP contribution is -2.02. The lowest BCUT2D eigenvalue weighted by molar-refractivity contribution is 0.287. The lowest BCUT2D eigenvalue weighted by Gasteiger charge is -2.10. The SMILES string of the molecule is CCCCOc1ccc(S(=O)(=O)O)cc1OC. The number of hydrogen-bond donors (Lipinski definition) is 1. The van der Waals surface area contributed by atoms with Gasteiger partial charge >= 0.3 is 0 Å². The second-order valence-corrected chi connectivity index (χ2v) is 4.91. The minimum atomic E-state index is -4.21. The van der Waals surface area contributed by atoms with Gasteiger partial charge in [-0.05, 0) is 18.6 Å². The van der Waals surface area contributed by atoms with E-state index in [2.05, 4.69) is 0 Å². The lowest BCUT2D eigenvalue weighted by atomic mass is 10.3. The maximum Gasteiger partial charge on any atom is 0.294 e. The van der Waals surface area contributed by atoms with Crippen molar-refractivity contribution in [2.24, 2.45) is 0 Å². The molecule has 0 heterocycles. The van der Waals surface area contributed by atoms with Crippen LogP contribution >= 0.6 is 0 Å². The summed E-state index contributed by atoms with van der Waals surface area (Å²) in [5.41, 5.74) is 0. The number of rotatable bonds is 6. The molecule has 1 rings (SSSR count). The Kier molecular flexibility index (Phi) is 4.77. The van der Waals surface area contributed by atoms with E-state index in [1.807, 2.05) is 6.92 Å². The smallest absolute Gasteiger partial charge is 0.294 e. The molecular formula is C11H16O5S. The van der Waals surface area contributed by atoms with Gasteiger partial charge in [-0.15, -0.1) is 0 Å². The molecule has 96 valence electrons. The van der Waals surface area contributed by atoms with Gasteiger partial charge in [0.25, 0.3) is 10.1 Å². The molecular weight excluding hydrogens is 244 g/mol. The van der Waals surface area contributed by atoms with E-state index in [1.165, 1.54) is 25.3 Å². The quantitative estimate of drug-likeness (QED) is 0.626. The summed E-state index contributed by atoms with van der Waals surface area (Å²) in [6, 6.07) is 3.98. The molecule has 0 unspecified atom stereocenters. The second kappa shape index (κ2) is 5.88. The predicted molar refractivity (Wildman–Crippen MR) is 63.2 cm³/mol. The third-order valence-corrected chi connectivity index (χ3v) is 3.04. The minimum Gasteiger partial charge on any atom is -0.493 e. The Hall–Kier alpha value is -1.27. The largest absolute Gasteiger partial charge is 0.493 e. The maximum atomic E-state index is 10.9. The number of hydrogen-bond acceptors (Lipinski definition) is 4. The molecule has 6 heteroatoms. The van der Waals surface area contributed by atoms with E-state index in [1.54, 1.807) is 0 Å². The number of benzene rings is 1. The third-order valence-electron chi connectivity index (χ3n) is 2.19. The molecule has 1 aromatic carbocycles. The average Bonchev–Trinajstić information content (AvgIpc) is 2.28. The van der Waals surface area contributed by atoms with Gasteiger partial charge in [-0.1, -0.05) is 13.3 Å². The Bertz CT molecular complexity index is 467. The molecule has 0 spiro atoms. The molecule has 1 N–H and O–H groups in total. The van der Waals surface area contributed by atoms with E-state index >= 15 is 0 Å². The van der Waals surface area contributed by atoms with E-state index in [0.717, 1.165) is 12.8 Å². The Morgan fingerprint density at radius 1 is 1.29 bits per heavy atom. The highest BCUT2D eigenvalue weighted by Crippen LogP contribution is 2.29. The van der Waals surface area contributed by atoms with Crippen LogP contribution in [0.4, 0.5) is 0 Å². The molecule has 0 fully saturated rings. The number of methoxy groups -OCH3 is 1. The second-order valence-electron chi connectivity index (χ2n) is 3.49. The molecule has 0 saturated heterocycles. The summed E-state index contributed by atoms with van der Waals surface area (Å²) in [6.45, 7) is 2.58. The zero-order chi connectivity index (χ0) is 12.9. The number of ether oxygens (including phenoxy) is 2. The molecule has 0 saturated carbocycles. The van der Waals surface area contributed by atoms with Crippen LogP contribution in [0.5, 0.6) is 11.5 Å². The van der Waals surface area contributed by atoms with Crippen LogP contribution in [0.3, 0.4) is 0 Å². The van der Waals surface area contributed by atoms with Crippen molar-refractivity contribution in [2.45, 2.75) is 24.7 Å². The Morgan fingerprint density at radius 3 is 2.53 bits per heavy atom. The summed E-state index contributed by atoms with van der Waals surface area (Å²) < 4.78 is 41.2. The van der Waals surface area contributed by atoms with Crippen LogP contribution in [0.1, 0.15) is 19.8 Å².